The number of carbonyl (C=O) groups is 4. The number of aliphatic hydroxyl groups excluding tert-OH is 2. The fraction of sp³-hybridized carbons (Fsp3) is 0.543. The van der Waals surface area contributed by atoms with Gasteiger partial charge < -0.3 is 39.5 Å². The van der Waals surface area contributed by atoms with Gasteiger partial charge in [-0.25, -0.2) is 18.4 Å². The van der Waals surface area contributed by atoms with Crippen LogP contribution in [0.1, 0.15) is 88.5 Å². The third-order valence-electron chi connectivity index (χ3n) is 14.0. The van der Waals surface area contributed by atoms with E-state index in [0.29, 0.717) is 31.4 Å². The number of carboxylic acids is 2. The van der Waals surface area contributed by atoms with E-state index in [1.165, 1.54) is 24.3 Å². The fourth-order valence-corrected chi connectivity index (χ4v) is 11.3. The highest BCUT2D eigenvalue weighted by molar-refractivity contribution is 6.27. The highest BCUT2D eigenvalue weighted by atomic mass is 19.1. The van der Waals surface area contributed by atoms with E-state index in [-0.39, 0.29) is 23.9 Å². The number of fused-ring (bicyclic) bond motifs is 8. The second-order valence-corrected chi connectivity index (χ2v) is 18.0. The number of hydrogen-bond donors (Lipinski definition) is 4. The van der Waals surface area contributed by atoms with Gasteiger partial charge in [0, 0.05) is 16.7 Å². The minimum Gasteiger partial charge on any atom is -0.473 e. The molecule has 0 unspecified atom stereocenters. The van der Waals surface area contributed by atoms with Crippen LogP contribution in [0.4, 0.5) is 8.78 Å². The molecular weight excluding hydrogens is 795 g/mol. The largest absolute Gasteiger partial charge is 0.473 e. The molecule has 2 aliphatic heterocycles. The number of ketones is 2. The van der Waals surface area contributed by atoms with E-state index in [9.17, 15) is 24.2 Å². The molecule has 2 heterocycles. The van der Waals surface area contributed by atoms with Crippen LogP contribution in [0.15, 0.2) is 66.3 Å². The Labute approximate surface area is 353 Å². The summed E-state index contributed by atoms with van der Waals surface area (Å²) in [6.45, 7) is 7.85. The molecule has 2 aromatic rings. The quantitative estimate of drug-likeness (QED) is 0.259. The van der Waals surface area contributed by atoms with E-state index in [1.807, 2.05) is 39.2 Å². The average molecular weight is 849 g/mol. The lowest BCUT2D eigenvalue weighted by Crippen LogP contribution is -2.70. The smallest absolute Gasteiger partial charge is 0.414 e. The lowest BCUT2D eigenvalue weighted by atomic mass is 9.44. The monoisotopic (exact) mass is 848 g/mol. The van der Waals surface area contributed by atoms with Gasteiger partial charge in [0.2, 0.25) is 0 Å². The topological polar surface area (TPSA) is 204 Å². The van der Waals surface area contributed by atoms with Crippen LogP contribution in [-0.2, 0) is 45.6 Å². The predicted molar refractivity (Wildman–Crippen MR) is 215 cm³/mol. The van der Waals surface area contributed by atoms with Crippen molar-refractivity contribution < 1.29 is 62.6 Å². The molecule has 15 heteroatoms. The van der Waals surface area contributed by atoms with Crippen LogP contribution in [0.5, 0.6) is 0 Å². The summed E-state index contributed by atoms with van der Waals surface area (Å²) in [5.74, 6) is -6.36. The van der Waals surface area contributed by atoms with Crippen molar-refractivity contribution in [3.05, 3.63) is 94.3 Å². The Hall–Kier alpha value is -4.69. The number of aliphatic hydroxyl groups is 2. The number of aliphatic carboxylic acids is 2. The Morgan fingerprint density at radius 2 is 1.69 bits per heavy atom. The molecule has 8 rings (SSSR count). The van der Waals surface area contributed by atoms with Gasteiger partial charge in [0.05, 0.1) is 30.4 Å². The van der Waals surface area contributed by atoms with Crippen molar-refractivity contribution in [1.29, 1.82) is 5.26 Å². The van der Waals surface area contributed by atoms with Gasteiger partial charge in [0.25, 0.3) is 0 Å². The van der Waals surface area contributed by atoms with Crippen LogP contribution < -0.4 is 0 Å². The Kier molecular flexibility index (Phi) is 12.4. The third-order valence-corrected chi connectivity index (χ3v) is 14.0. The molecule has 0 radical (unpaired) electrons. The Morgan fingerprint density at radius 1 is 1.02 bits per heavy atom. The van der Waals surface area contributed by atoms with E-state index in [1.54, 1.807) is 39.0 Å². The minimum absolute atomic E-state index is 0.0109. The number of carbonyl (C=O) groups excluding carboxylic acids is 2. The Morgan fingerprint density at radius 3 is 2.30 bits per heavy atom. The van der Waals surface area contributed by atoms with Crippen LogP contribution in [0, 0.1) is 39.8 Å². The van der Waals surface area contributed by atoms with Crippen LogP contribution in [0.25, 0.3) is 0 Å². The molecule has 0 spiro atoms. The number of rotatable bonds is 7. The Bertz CT molecular complexity index is 2170. The molecule has 0 bridgehead atoms. The molecular formula is C46H54F2N2O11. The van der Waals surface area contributed by atoms with Gasteiger partial charge in [-0.3, -0.25) is 9.59 Å². The summed E-state index contributed by atoms with van der Waals surface area (Å²) in [7, 11) is 4.10. The lowest BCUT2D eigenvalue weighted by molar-refractivity contribution is -0.246. The average Bonchev–Trinajstić information content (AvgIpc) is 3.79. The van der Waals surface area contributed by atoms with Gasteiger partial charge in [-0.05, 0) is 139 Å². The van der Waals surface area contributed by atoms with Gasteiger partial charge in [0.1, 0.15) is 18.0 Å². The van der Waals surface area contributed by atoms with Crippen LogP contribution in [0.3, 0.4) is 0 Å². The number of hydrogen-bond acceptors (Lipinski definition) is 11. The fourth-order valence-electron chi connectivity index (χ4n) is 11.3. The molecule has 328 valence electrons. The maximum atomic E-state index is 17.1. The van der Waals surface area contributed by atoms with E-state index < -0.39 is 75.9 Å². The highest BCUT2D eigenvalue weighted by Crippen LogP contribution is 2.72. The Balaban J connectivity index is 0.000000185. The number of halogens is 2. The van der Waals surface area contributed by atoms with Crippen molar-refractivity contribution in [2.24, 2.45) is 22.7 Å². The number of nitriles is 1. The summed E-state index contributed by atoms with van der Waals surface area (Å²) in [4.78, 5) is 45.4. The first-order valence-electron chi connectivity index (χ1n) is 20.4. The number of ether oxygens (including phenoxy) is 3. The first-order valence-corrected chi connectivity index (χ1v) is 20.4. The third kappa shape index (κ3) is 7.55. The standard InChI is InChI=1S/C24H31FO6.C20H21FN2O.C2H2O4/c1-20(2)30-19-10-16-15-6-5-13-9-14(27)7-8-21(13,3)23(15,25)17(28)11-22(16,4)24(19,31-20)18(29)12-26;1-23(2)11-3-10-20(17-5-7-18(21)8-6-17)19-9-4-15(13-22)12-16(19)14-24-20;3-1(4)2(5)6/h7-9,15-17,19,26,28H,5-6,10-12H2,1-4H3;4-9,12H,3,10-11,14H2,1-2H3;(H,3,4)(H,5,6)/t15-,16-,17-,19+,21-,22-,23-,24+;20-;/m00./s1. The van der Waals surface area contributed by atoms with E-state index >= 15 is 4.39 Å². The van der Waals surface area contributed by atoms with Gasteiger partial charge in [-0.15, -0.1) is 0 Å². The molecule has 4 fully saturated rings. The van der Waals surface area contributed by atoms with Crippen molar-refractivity contribution in [1.82, 2.24) is 4.90 Å². The maximum Gasteiger partial charge on any atom is 0.414 e. The maximum absolute atomic E-state index is 17.1. The summed E-state index contributed by atoms with van der Waals surface area (Å²) >= 11 is 0. The number of Topliss-reactive ketones (excluding diaryl/α,β-unsaturated/α-hetero) is 1. The normalized spacial score (nSPS) is 34.8. The molecule has 1 saturated heterocycles. The van der Waals surface area contributed by atoms with Crippen LogP contribution in [0.2, 0.25) is 0 Å². The van der Waals surface area contributed by atoms with Crippen LogP contribution in [-0.4, -0.2) is 105 Å². The van der Waals surface area contributed by atoms with Crippen molar-refractivity contribution >= 4 is 23.5 Å². The number of benzene rings is 2. The van der Waals surface area contributed by atoms with E-state index in [0.717, 1.165) is 41.6 Å². The number of carboxylic acid groups (broad SMARTS) is 2. The summed E-state index contributed by atoms with van der Waals surface area (Å²) in [5.41, 5.74) is -1.48. The molecule has 6 aliphatic rings. The molecule has 0 amide bonds. The van der Waals surface area contributed by atoms with Crippen molar-refractivity contribution in [2.45, 2.75) is 108 Å². The summed E-state index contributed by atoms with van der Waals surface area (Å²) in [5, 5.41) is 45.1. The molecule has 4 N–H and O–H groups in total. The second-order valence-electron chi connectivity index (χ2n) is 18.0. The van der Waals surface area contributed by atoms with Crippen molar-refractivity contribution in [3.63, 3.8) is 0 Å². The molecule has 3 saturated carbocycles. The molecule has 0 aromatic heterocycles. The first-order chi connectivity index (χ1) is 28.5. The zero-order valence-corrected chi connectivity index (χ0v) is 35.2. The molecule has 4 aliphatic carbocycles. The second kappa shape index (κ2) is 16.5. The zero-order chi connectivity index (χ0) is 44.9. The van der Waals surface area contributed by atoms with Crippen LogP contribution >= 0.6 is 0 Å². The van der Waals surface area contributed by atoms with Crippen molar-refractivity contribution in [2.75, 3.05) is 27.2 Å². The number of allylic oxidation sites excluding steroid dienone is 4. The van der Waals surface area contributed by atoms with Gasteiger partial charge in [-0.2, -0.15) is 5.26 Å². The summed E-state index contributed by atoms with van der Waals surface area (Å²) < 4.78 is 49.1. The van der Waals surface area contributed by atoms with Gasteiger partial charge in [-0.1, -0.05) is 36.8 Å². The molecule has 61 heavy (non-hydrogen) atoms. The van der Waals surface area contributed by atoms with E-state index in [4.69, 9.17) is 39.3 Å². The summed E-state index contributed by atoms with van der Waals surface area (Å²) in [6.07, 6.45) is 5.78. The molecule has 9 atom stereocenters. The zero-order valence-electron chi connectivity index (χ0n) is 35.2. The highest BCUT2D eigenvalue weighted by Gasteiger charge is 2.80. The molecule has 2 aromatic carbocycles. The first kappa shape index (κ1) is 45.8. The van der Waals surface area contributed by atoms with Gasteiger partial charge in [0.15, 0.2) is 28.6 Å². The lowest BCUT2D eigenvalue weighted by Gasteiger charge is -2.62. The molecule has 13 nitrogen and oxygen atoms in total. The number of nitrogens with zero attached hydrogens (tertiary/aromatic N) is 2. The SMILES string of the molecule is CC1(C)O[C@@H]2C[C@H]3[C@@H]4CCC5=CC(=O)C=C[C@]5(C)[C@@]4(F)[C@@H](O)C[C@]3(C)[C@]2(C(=O)CO)O1.CN(C)CCC[C@@]1(c2ccc(F)cc2)OCc2cc(C#N)ccc21.O=C(O)C(=O)O. The predicted octanol–water partition coefficient (Wildman–Crippen LogP) is 5.39. The number of alkyl halides is 1. The summed E-state index contributed by atoms with van der Waals surface area (Å²) in [6, 6.07) is 14.5. The minimum atomic E-state index is -1.98. The van der Waals surface area contributed by atoms with Crippen molar-refractivity contribution in [3.8, 4) is 6.07 Å². The van der Waals surface area contributed by atoms with Gasteiger partial charge >= 0.3 is 11.9 Å². The van der Waals surface area contributed by atoms with E-state index in [2.05, 4.69) is 11.0 Å².